The lowest BCUT2D eigenvalue weighted by Gasteiger charge is -2.09. The molecule has 2 aromatic carbocycles. The van der Waals surface area contributed by atoms with E-state index in [1.807, 2.05) is 43.3 Å². The molecule has 128 valence electrons. The Morgan fingerprint density at radius 1 is 1.16 bits per heavy atom. The molecule has 6 heteroatoms. The number of aromatic nitrogens is 2. The molecule has 0 unspecified atom stereocenters. The summed E-state index contributed by atoms with van der Waals surface area (Å²) in [4.78, 5) is 4.40. The van der Waals surface area contributed by atoms with Crippen LogP contribution in [0.2, 0.25) is 0 Å². The smallest absolute Gasteiger partial charge is 0.246 e. The molecule has 5 nitrogen and oxygen atoms in total. The Morgan fingerprint density at radius 3 is 2.68 bits per heavy atom. The van der Waals surface area contributed by atoms with Crippen molar-refractivity contribution >= 4 is 23.0 Å². The third-order valence-corrected chi connectivity index (χ3v) is 4.01. The second-order valence-corrected chi connectivity index (χ2v) is 6.15. The van der Waals surface area contributed by atoms with Crippen LogP contribution in [0.5, 0.6) is 0 Å². The number of benzene rings is 2. The Bertz CT molecular complexity index is 858. The number of aryl methyl sites for hydroxylation is 2. The Balaban J connectivity index is 1.55. The molecule has 2 N–H and O–H groups in total. The summed E-state index contributed by atoms with van der Waals surface area (Å²) < 4.78 is 5.28. The first-order valence-corrected chi connectivity index (χ1v) is 8.58. The minimum atomic E-state index is 0.373. The van der Waals surface area contributed by atoms with E-state index < -0.39 is 0 Å². The van der Waals surface area contributed by atoms with Crippen molar-refractivity contribution in [2.75, 3.05) is 5.32 Å². The van der Waals surface area contributed by atoms with Crippen LogP contribution in [0.3, 0.4) is 0 Å². The van der Waals surface area contributed by atoms with Crippen LogP contribution < -0.4 is 10.6 Å². The molecule has 0 amide bonds. The summed E-state index contributed by atoms with van der Waals surface area (Å²) in [5.74, 6) is 1.07. The third-order valence-electron chi connectivity index (χ3n) is 3.76. The van der Waals surface area contributed by atoms with E-state index in [2.05, 4.69) is 39.8 Å². The maximum atomic E-state index is 5.30. The number of rotatable bonds is 5. The predicted octanol–water partition coefficient (Wildman–Crippen LogP) is 4.09. The fourth-order valence-corrected chi connectivity index (χ4v) is 2.57. The van der Waals surface area contributed by atoms with Crippen LogP contribution in [0.15, 0.2) is 53.1 Å². The number of nitrogens with zero attached hydrogens (tertiary/aromatic N) is 2. The van der Waals surface area contributed by atoms with Crippen molar-refractivity contribution in [3.63, 3.8) is 0 Å². The van der Waals surface area contributed by atoms with Gasteiger partial charge in [0.25, 0.3) is 0 Å². The number of nitrogens with one attached hydrogen (secondary N) is 2. The maximum absolute atomic E-state index is 5.30. The van der Waals surface area contributed by atoms with E-state index in [-0.39, 0.29) is 0 Å². The van der Waals surface area contributed by atoms with Gasteiger partial charge in [-0.25, -0.2) is 0 Å². The lowest BCUT2D eigenvalue weighted by Crippen LogP contribution is -2.28. The van der Waals surface area contributed by atoms with Gasteiger partial charge in [-0.1, -0.05) is 48.0 Å². The molecule has 1 heterocycles. The fraction of sp³-hybridized carbons (Fsp3) is 0.211. The van der Waals surface area contributed by atoms with E-state index in [9.17, 15) is 0 Å². The Kier molecular flexibility index (Phi) is 5.40. The van der Waals surface area contributed by atoms with Gasteiger partial charge in [0.2, 0.25) is 11.7 Å². The molecule has 0 aliphatic heterocycles. The molecule has 0 aliphatic carbocycles. The Hall–Kier alpha value is -2.73. The van der Waals surface area contributed by atoms with E-state index in [1.54, 1.807) is 0 Å². The first-order valence-electron chi connectivity index (χ1n) is 8.17. The Labute approximate surface area is 152 Å². The van der Waals surface area contributed by atoms with Crippen molar-refractivity contribution in [2.24, 2.45) is 0 Å². The standard InChI is InChI=1S/C19H20N4OS/c1-3-14-7-9-16(10-8-14)21-19(25)20-12-17-22-18(23-24-17)15-6-4-5-13(2)11-15/h4-11H,3,12H2,1-2H3,(H2,20,21,25). The maximum Gasteiger partial charge on any atom is 0.246 e. The van der Waals surface area contributed by atoms with Crippen molar-refractivity contribution in [1.82, 2.24) is 15.5 Å². The molecule has 0 atom stereocenters. The second kappa shape index (κ2) is 7.90. The SMILES string of the molecule is CCc1ccc(NC(=S)NCc2nc(-c3cccc(C)c3)no2)cc1. The lowest BCUT2D eigenvalue weighted by atomic mass is 10.1. The van der Waals surface area contributed by atoms with E-state index in [0.29, 0.717) is 23.4 Å². The van der Waals surface area contributed by atoms with E-state index in [1.165, 1.54) is 5.56 Å². The Morgan fingerprint density at radius 2 is 1.96 bits per heavy atom. The first-order chi connectivity index (χ1) is 12.1. The molecule has 0 saturated heterocycles. The normalized spacial score (nSPS) is 10.5. The minimum absolute atomic E-state index is 0.373. The quantitative estimate of drug-likeness (QED) is 0.674. The molecular weight excluding hydrogens is 332 g/mol. The van der Waals surface area contributed by atoms with Crippen molar-refractivity contribution < 1.29 is 4.52 Å². The number of anilines is 1. The highest BCUT2D eigenvalue weighted by Gasteiger charge is 2.09. The van der Waals surface area contributed by atoms with Crippen molar-refractivity contribution in [1.29, 1.82) is 0 Å². The summed E-state index contributed by atoms with van der Waals surface area (Å²) in [6.45, 7) is 4.53. The van der Waals surface area contributed by atoms with E-state index >= 15 is 0 Å². The van der Waals surface area contributed by atoms with E-state index in [0.717, 1.165) is 23.2 Å². The highest BCUT2D eigenvalue weighted by molar-refractivity contribution is 7.80. The average molecular weight is 352 g/mol. The number of hydrogen-bond acceptors (Lipinski definition) is 4. The molecule has 0 radical (unpaired) electrons. The van der Waals surface area contributed by atoms with Crippen molar-refractivity contribution in [3.05, 3.63) is 65.5 Å². The van der Waals surface area contributed by atoms with Gasteiger partial charge in [-0.3, -0.25) is 0 Å². The highest BCUT2D eigenvalue weighted by Crippen LogP contribution is 2.17. The zero-order chi connectivity index (χ0) is 17.6. The summed E-state index contributed by atoms with van der Waals surface area (Å²) >= 11 is 5.30. The van der Waals surface area contributed by atoms with Crippen LogP contribution in [0.1, 0.15) is 23.9 Å². The fourth-order valence-electron chi connectivity index (χ4n) is 2.38. The van der Waals surface area contributed by atoms with Gasteiger partial charge < -0.3 is 15.2 Å². The first kappa shape index (κ1) is 17.1. The van der Waals surface area contributed by atoms with Gasteiger partial charge in [0.1, 0.15) is 0 Å². The van der Waals surface area contributed by atoms with Crippen LogP contribution >= 0.6 is 12.2 Å². The minimum Gasteiger partial charge on any atom is -0.353 e. The highest BCUT2D eigenvalue weighted by atomic mass is 32.1. The molecule has 3 rings (SSSR count). The largest absolute Gasteiger partial charge is 0.353 e. The molecule has 1 aromatic heterocycles. The summed E-state index contributed by atoms with van der Waals surface area (Å²) in [5.41, 5.74) is 4.33. The third kappa shape index (κ3) is 4.64. The lowest BCUT2D eigenvalue weighted by molar-refractivity contribution is 0.376. The zero-order valence-electron chi connectivity index (χ0n) is 14.2. The number of thiocarbonyl (C=S) groups is 1. The molecule has 0 bridgehead atoms. The molecule has 0 spiro atoms. The summed E-state index contributed by atoms with van der Waals surface area (Å²) in [7, 11) is 0. The van der Waals surface area contributed by atoms with Crippen molar-refractivity contribution in [3.8, 4) is 11.4 Å². The molecule has 25 heavy (non-hydrogen) atoms. The van der Waals surface area contributed by atoms with Crippen LogP contribution in [0.25, 0.3) is 11.4 Å². The molecule has 3 aromatic rings. The molecule has 0 saturated carbocycles. The van der Waals surface area contributed by atoms with Crippen LogP contribution in [0.4, 0.5) is 5.69 Å². The van der Waals surface area contributed by atoms with E-state index in [4.69, 9.17) is 16.7 Å². The molecule has 0 aliphatic rings. The van der Waals surface area contributed by atoms with Gasteiger partial charge in [-0.05, 0) is 49.3 Å². The topological polar surface area (TPSA) is 63.0 Å². The van der Waals surface area contributed by atoms with Crippen LogP contribution in [-0.2, 0) is 13.0 Å². The molecule has 0 fully saturated rings. The van der Waals surface area contributed by atoms with Gasteiger partial charge in [-0.2, -0.15) is 4.98 Å². The summed E-state index contributed by atoms with van der Waals surface area (Å²) in [5, 5.41) is 10.7. The van der Waals surface area contributed by atoms with Gasteiger partial charge in [0, 0.05) is 11.3 Å². The van der Waals surface area contributed by atoms with Gasteiger partial charge in [-0.15, -0.1) is 0 Å². The van der Waals surface area contributed by atoms with Gasteiger partial charge in [0.05, 0.1) is 6.54 Å². The zero-order valence-corrected chi connectivity index (χ0v) is 15.1. The van der Waals surface area contributed by atoms with Crippen LogP contribution in [-0.4, -0.2) is 15.3 Å². The van der Waals surface area contributed by atoms with Gasteiger partial charge in [0.15, 0.2) is 5.11 Å². The average Bonchev–Trinajstić information content (AvgIpc) is 3.10. The predicted molar refractivity (Wildman–Crippen MR) is 103 cm³/mol. The van der Waals surface area contributed by atoms with Crippen LogP contribution in [0, 0.1) is 6.92 Å². The summed E-state index contributed by atoms with van der Waals surface area (Å²) in [6, 6.07) is 16.2. The van der Waals surface area contributed by atoms with Gasteiger partial charge >= 0.3 is 0 Å². The number of hydrogen-bond donors (Lipinski definition) is 2. The monoisotopic (exact) mass is 352 g/mol. The summed E-state index contributed by atoms with van der Waals surface area (Å²) in [6.07, 6.45) is 1.02. The second-order valence-electron chi connectivity index (χ2n) is 5.74. The van der Waals surface area contributed by atoms with Crippen molar-refractivity contribution in [2.45, 2.75) is 26.8 Å². The molecular formula is C19H20N4OS.